The Morgan fingerprint density at radius 1 is 1.32 bits per heavy atom. The highest BCUT2D eigenvalue weighted by atomic mass is 16.5. The highest BCUT2D eigenvalue weighted by Gasteiger charge is 2.32. The van der Waals surface area contributed by atoms with Crippen molar-refractivity contribution in [3.8, 4) is 0 Å². The lowest BCUT2D eigenvalue weighted by Gasteiger charge is -2.39. The van der Waals surface area contributed by atoms with Crippen molar-refractivity contribution in [3.63, 3.8) is 0 Å². The van der Waals surface area contributed by atoms with Gasteiger partial charge in [0.25, 0.3) is 5.78 Å². The van der Waals surface area contributed by atoms with E-state index in [0.717, 1.165) is 44.2 Å². The number of β-amino-alcohol motifs (C(OH)–C–C–N with tert-alkyl or cyclic N) is 1. The Kier molecular flexibility index (Phi) is 4.55. The maximum Gasteiger partial charge on any atom is 0.254 e. The van der Waals surface area contributed by atoms with Gasteiger partial charge in [-0.15, -0.1) is 0 Å². The number of rotatable bonds is 3. The number of piperazine rings is 1. The molecule has 0 amide bonds. The van der Waals surface area contributed by atoms with E-state index in [4.69, 9.17) is 4.74 Å². The van der Waals surface area contributed by atoms with Crippen LogP contribution in [0.25, 0.3) is 5.78 Å². The normalized spacial score (nSPS) is 26.1. The molecule has 2 fully saturated rings. The fourth-order valence-corrected chi connectivity index (χ4v) is 3.57. The third-order valence-electron chi connectivity index (χ3n) is 4.82. The number of anilines is 1. The molecule has 2 aliphatic heterocycles. The maximum atomic E-state index is 10.8. The van der Waals surface area contributed by atoms with E-state index in [1.807, 2.05) is 13.0 Å². The molecular formula is C16H25N7O2. The third-order valence-corrected chi connectivity index (χ3v) is 4.82. The number of nitrogens with zero attached hydrogens (tertiary/aromatic N) is 6. The number of aliphatic hydroxyl groups is 1. The monoisotopic (exact) mass is 347 g/mol. The van der Waals surface area contributed by atoms with E-state index in [1.165, 1.54) is 6.33 Å². The van der Waals surface area contributed by atoms with Crippen molar-refractivity contribution in [2.24, 2.45) is 0 Å². The Morgan fingerprint density at radius 3 is 3.00 bits per heavy atom. The van der Waals surface area contributed by atoms with Gasteiger partial charge in [0.2, 0.25) is 0 Å². The minimum atomic E-state index is -0.814. The summed E-state index contributed by atoms with van der Waals surface area (Å²) in [5.41, 5.74) is 0.124. The van der Waals surface area contributed by atoms with Crippen LogP contribution in [-0.2, 0) is 4.74 Å². The minimum absolute atomic E-state index is 0.392. The molecule has 2 aromatic heterocycles. The molecule has 2 saturated heterocycles. The molecule has 2 aromatic rings. The van der Waals surface area contributed by atoms with Crippen molar-refractivity contribution in [1.82, 2.24) is 29.8 Å². The van der Waals surface area contributed by atoms with E-state index in [0.29, 0.717) is 32.1 Å². The quantitative estimate of drug-likeness (QED) is 0.724. The van der Waals surface area contributed by atoms with E-state index in [-0.39, 0.29) is 0 Å². The Bertz CT molecular complexity index is 718. The SMILES string of the molecule is Cc1cc(N2CCN(C[C@@]3(O)CNCCOC3)CC2)n2ncnc2n1. The number of aromatic nitrogens is 4. The summed E-state index contributed by atoms with van der Waals surface area (Å²) in [5, 5.41) is 18.3. The minimum Gasteiger partial charge on any atom is -0.385 e. The second kappa shape index (κ2) is 6.83. The first-order valence-electron chi connectivity index (χ1n) is 8.79. The second-order valence-electron chi connectivity index (χ2n) is 6.94. The van der Waals surface area contributed by atoms with Crippen molar-refractivity contribution >= 4 is 11.6 Å². The van der Waals surface area contributed by atoms with Crippen LogP contribution >= 0.6 is 0 Å². The number of hydrogen-bond donors (Lipinski definition) is 2. The Hall–Kier alpha value is -1.81. The smallest absolute Gasteiger partial charge is 0.254 e. The zero-order valence-electron chi connectivity index (χ0n) is 14.6. The second-order valence-corrected chi connectivity index (χ2v) is 6.94. The molecule has 0 aliphatic carbocycles. The molecule has 0 aromatic carbocycles. The molecule has 4 rings (SSSR count). The van der Waals surface area contributed by atoms with E-state index in [1.54, 1.807) is 4.52 Å². The lowest BCUT2D eigenvalue weighted by Crippen LogP contribution is -2.56. The van der Waals surface area contributed by atoms with Crippen molar-refractivity contribution in [1.29, 1.82) is 0 Å². The van der Waals surface area contributed by atoms with Crippen LogP contribution in [0.2, 0.25) is 0 Å². The van der Waals surface area contributed by atoms with Crippen LogP contribution in [0.4, 0.5) is 5.82 Å². The number of ether oxygens (including phenoxy) is 1. The summed E-state index contributed by atoms with van der Waals surface area (Å²) in [6, 6.07) is 2.05. The van der Waals surface area contributed by atoms with Gasteiger partial charge in [-0.25, -0.2) is 4.98 Å². The van der Waals surface area contributed by atoms with Gasteiger partial charge < -0.3 is 20.1 Å². The van der Waals surface area contributed by atoms with Crippen LogP contribution in [0.3, 0.4) is 0 Å². The van der Waals surface area contributed by atoms with E-state index in [2.05, 4.69) is 30.2 Å². The summed E-state index contributed by atoms with van der Waals surface area (Å²) in [6.07, 6.45) is 1.54. The van der Waals surface area contributed by atoms with Crippen molar-refractivity contribution < 1.29 is 9.84 Å². The first-order valence-corrected chi connectivity index (χ1v) is 8.79. The van der Waals surface area contributed by atoms with Gasteiger partial charge in [-0.2, -0.15) is 14.6 Å². The molecule has 9 nitrogen and oxygen atoms in total. The molecule has 0 bridgehead atoms. The lowest BCUT2D eigenvalue weighted by molar-refractivity contribution is -0.0495. The van der Waals surface area contributed by atoms with E-state index < -0.39 is 5.60 Å². The van der Waals surface area contributed by atoms with Gasteiger partial charge in [0.05, 0.1) is 13.2 Å². The Balaban J connectivity index is 1.42. The zero-order valence-corrected chi connectivity index (χ0v) is 14.6. The number of hydrogen-bond acceptors (Lipinski definition) is 8. The molecule has 4 heterocycles. The van der Waals surface area contributed by atoms with Gasteiger partial charge in [0.15, 0.2) is 0 Å². The Morgan fingerprint density at radius 2 is 2.16 bits per heavy atom. The maximum absolute atomic E-state index is 10.8. The third kappa shape index (κ3) is 3.59. The van der Waals surface area contributed by atoms with E-state index >= 15 is 0 Å². The van der Waals surface area contributed by atoms with Crippen molar-refractivity contribution in [3.05, 3.63) is 18.1 Å². The average molecular weight is 347 g/mol. The summed E-state index contributed by atoms with van der Waals surface area (Å²) in [5.74, 6) is 1.66. The molecule has 2 aliphatic rings. The van der Waals surface area contributed by atoms with Crippen LogP contribution in [0.1, 0.15) is 5.69 Å². The summed E-state index contributed by atoms with van der Waals surface area (Å²) in [7, 11) is 0. The summed E-state index contributed by atoms with van der Waals surface area (Å²) in [6.45, 7) is 8.56. The number of fused-ring (bicyclic) bond motifs is 1. The summed E-state index contributed by atoms with van der Waals surface area (Å²) in [4.78, 5) is 13.2. The zero-order chi connectivity index (χ0) is 17.3. The topological polar surface area (TPSA) is 91.0 Å². The van der Waals surface area contributed by atoms with Crippen molar-refractivity contribution in [2.75, 3.05) is 63.9 Å². The van der Waals surface area contributed by atoms with Crippen LogP contribution in [0, 0.1) is 6.92 Å². The molecule has 25 heavy (non-hydrogen) atoms. The standard InChI is InChI=1S/C16H25N7O2/c1-13-8-14(23-15(20-13)18-12-19-23)22-5-3-21(4-6-22)10-16(24)9-17-2-7-25-11-16/h8,12,17,24H,2-7,9-11H2,1H3/t16-/m0/s1. The fourth-order valence-electron chi connectivity index (χ4n) is 3.57. The molecular weight excluding hydrogens is 322 g/mol. The van der Waals surface area contributed by atoms with Gasteiger partial charge in [0, 0.05) is 57.6 Å². The molecule has 0 unspecified atom stereocenters. The van der Waals surface area contributed by atoms with Crippen LogP contribution in [0.5, 0.6) is 0 Å². The van der Waals surface area contributed by atoms with Gasteiger partial charge in [0.1, 0.15) is 17.7 Å². The lowest BCUT2D eigenvalue weighted by atomic mass is 10.0. The Labute approximate surface area is 146 Å². The van der Waals surface area contributed by atoms with Crippen LogP contribution < -0.4 is 10.2 Å². The van der Waals surface area contributed by atoms with Gasteiger partial charge in [-0.3, -0.25) is 4.90 Å². The van der Waals surface area contributed by atoms with E-state index in [9.17, 15) is 5.11 Å². The largest absolute Gasteiger partial charge is 0.385 e. The van der Waals surface area contributed by atoms with Crippen molar-refractivity contribution in [2.45, 2.75) is 12.5 Å². The number of nitrogens with one attached hydrogen (secondary N) is 1. The predicted octanol–water partition coefficient (Wildman–Crippen LogP) is -1.09. The predicted molar refractivity (Wildman–Crippen MR) is 92.8 cm³/mol. The van der Waals surface area contributed by atoms with Gasteiger partial charge in [-0.1, -0.05) is 0 Å². The average Bonchev–Trinajstić information content (AvgIpc) is 2.96. The molecule has 0 saturated carbocycles. The highest BCUT2D eigenvalue weighted by molar-refractivity contribution is 5.47. The highest BCUT2D eigenvalue weighted by Crippen LogP contribution is 2.19. The van der Waals surface area contributed by atoms with Gasteiger partial charge >= 0.3 is 0 Å². The van der Waals surface area contributed by atoms with Crippen LogP contribution in [0.15, 0.2) is 12.4 Å². The van der Waals surface area contributed by atoms with Crippen LogP contribution in [-0.4, -0.2) is 94.2 Å². The molecule has 2 N–H and O–H groups in total. The first kappa shape index (κ1) is 16.6. The van der Waals surface area contributed by atoms with Gasteiger partial charge in [-0.05, 0) is 6.92 Å². The molecule has 9 heteroatoms. The molecule has 0 radical (unpaired) electrons. The molecule has 1 atom stereocenters. The first-order chi connectivity index (χ1) is 12.1. The molecule has 0 spiro atoms. The summed E-state index contributed by atoms with van der Waals surface area (Å²) < 4.78 is 7.31. The summed E-state index contributed by atoms with van der Waals surface area (Å²) >= 11 is 0. The molecule has 136 valence electrons. The fraction of sp³-hybridized carbons (Fsp3) is 0.688. The number of aryl methyl sites for hydroxylation is 1.